The maximum absolute atomic E-state index is 13.0. The van der Waals surface area contributed by atoms with Crippen LogP contribution in [0.15, 0.2) is 5.38 Å². The summed E-state index contributed by atoms with van der Waals surface area (Å²) in [5.41, 5.74) is 1.04. The summed E-state index contributed by atoms with van der Waals surface area (Å²) in [5.74, 6) is -3.14. The lowest BCUT2D eigenvalue weighted by Crippen LogP contribution is -2.41. The summed E-state index contributed by atoms with van der Waals surface area (Å²) in [5, 5.41) is 8.21. The summed E-state index contributed by atoms with van der Waals surface area (Å²) in [6.45, 7) is 6.28. The number of hydrogen-bond donors (Lipinski definition) is 2. The molecule has 2 heterocycles. The lowest BCUT2D eigenvalue weighted by atomic mass is 9.93. The Bertz CT molecular complexity index is 520. The maximum atomic E-state index is 13.0. The Hall–Kier alpha value is -0.500. The summed E-state index contributed by atoms with van der Waals surface area (Å²) in [6, 6.07) is -0.790. The number of hydrogen-bond acceptors (Lipinski definition) is 4. The van der Waals surface area contributed by atoms with Gasteiger partial charge < -0.3 is 5.32 Å². The Kier molecular flexibility index (Phi) is 8.37. The second-order valence-corrected chi connectivity index (χ2v) is 7.35. The minimum absolute atomic E-state index is 0. The van der Waals surface area contributed by atoms with Gasteiger partial charge in [0.2, 0.25) is 5.91 Å². The zero-order valence-corrected chi connectivity index (χ0v) is 15.8. The third kappa shape index (κ3) is 6.49. The first-order valence-corrected chi connectivity index (χ1v) is 7.89. The van der Waals surface area contributed by atoms with Gasteiger partial charge in [0.15, 0.2) is 0 Å². The quantitative estimate of drug-likeness (QED) is 0.831. The molecule has 1 saturated heterocycles. The monoisotopic (exact) mass is 389 g/mol. The van der Waals surface area contributed by atoms with E-state index in [4.69, 9.17) is 0 Å². The molecule has 1 aromatic rings. The van der Waals surface area contributed by atoms with Crippen molar-refractivity contribution < 1.29 is 13.6 Å². The van der Waals surface area contributed by atoms with Gasteiger partial charge in [0, 0.05) is 30.2 Å². The first-order chi connectivity index (χ1) is 9.67. The second kappa shape index (κ2) is 8.55. The summed E-state index contributed by atoms with van der Waals surface area (Å²) in [7, 11) is 0. The number of thiazole rings is 1. The molecule has 134 valence electrons. The number of rotatable bonds is 4. The molecule has 1 unspecified atom stereocenters. The van der Waals surface area contributed by atoms with Crippen molar-refractivity contribution in [2.75, 3.05) is 13.1 Å². The van der Waals surface area contributed by atoms with Crippen LogP contribution in [0.5, 0.6) is 0 Å². The number of aromatic nitrogens is 1. The topological polar surface area (TPSA) is 54.0 Å². The van der Waals surface area contributed by atoms with Gasteiger partial charge in [-0.15, -0.1) is 36.2 Å². The Labute approximate surface area is 151 Å². The van der Waals surface area contributed by atoms with Crippen LogP contribution >= 0.6 is 36.2 Å². The van der Waals surface area contributed by atoms with E-state index in [0.717, 1.165) is 10.7 Å². The molecule has 0 radical (unpaired) electrons. The van der Waals surface area contributed by atoms with Crippen molar-refractivity contribution in [3.8, 4) is 0 Å². The van der Waals surface area contributed by atoms with E-state index in [1.54, 1.807) is 11.3 Å². The number of nitrogens with zero attached hydrogens (tertiary/aromatic N) is 1. The molecule has 1 atom stereocenters. The molecule has 2 rings (SSSR count). The van der Waals surface area contributed by atoms with Crippen LogP contribution in [0.25, 0.3) is 0 Å². The van der Waals surface area contributed by atoms with Crippen molar-refractivity contribution in [3.05, 3.63) is 16.1 Å². The largest absolute Gasteiger partial charge is 0.354 e. The first kappa shape index (κ1) is 22.5. The minimum Gasteiger partial charge on any atom is -0.354 e. The summed E-state index contributed by atoms with van der Waals surface area (Å²) >= 11 is 1.56. The highest BCUT2D eigenvalue weighted by atomic mass is 35.5. The molecule has 23 heavy (non-hydrogen) atoms. The van der Waals surface area contributed by atoms with E-state index in [1.165, 1.54) is 0 Å². The Balaban J connectivity index is 0.00000242. The Morgan fingerprint density at radius 1 is 1.48 bits per heavy atom. The number of nitrogens with one attached hydrogen (secondary N) is 2. The van der Waals surface area contributed by atoms with E-state index in [-0.39, 0.29) is 36.1 Å². The summed E-state index contributed by atoms with van der Waals surface area (Å²) in [4.78, 5) is 16.3. The Morgan fingerprint density at radius 3 is 2.61 bits per heavy atom. The molecule has 0 aromatic carbocycles. The highest BCUT2D eigenvalue weighted by molar-refractivity contribution is 7.09. The Morgan fingerprint density at radius 2 is 2.13 bits per heavy atom. The molecular weight excluding hydrogens is 367 g/mol. The van der Waals surface area contributed by atoms with Crippen LogP contribution in [0.1, 0.15) is 37.9 Å². The molecule has 1 fully saturated rings. The molecule has 0 spiro atoms. The fourth-order valence-corrected chi connectivity index (χ4v) is 3.11. The maximum Gasteiger partial charge on any atom is 0.262 e. The highest BCUT2D eigenvalue weighted by Crippen LogP contribution is 2.25. The molecule has 0 bridgehead atoms. The van der Waals surface area contributed by atoms with Crippen molar-refractivity contribution in [2.45, 2.75) is 51.0 Å². The van der Waals surface area contributed by atoms with Crippen LogP contribution in [0, 0.1) is 0 Å². The molecule has 2 N–H and O–H groups in total. The van der Waals surface area contributed by atoms with Crippen molar-refractivity contribution in [1.82, 2.24) is 15.6 Å². The van der Waals surface area contributed by atoms with Crippen LogP contribution in [-0.4, -0.2) is 35.9 Å². The molecule has 4 nitrogen and oxygen atoms in total. The van der Waals surface area contributed by atoms with Crippen molar-refractivity contribution in [1.29, 1.82) is 0 Å². The predicted molar refractivity (Wildman–Crippen MR) is 93.4 cm³/mol. The average molecular weight is 390 g/mol. The number of halogens is 4. The van der Waals surface area contributed by atoms with Gasteiger partial charge in [-0.1, -0.05) is 20.8 Å². The van der Waals surface area contributed by atoms with Crippen LogP contribution in [0.4, 0.5) is 8.78 Å². The molecule has 1 amide bonds. The number of carbonyl (C=O) groups excluding carboxylic acids is 1. The second-order valence-electron chi connectivity index (χ2n) is 6.41. The van der Waals surface area contributed by atoms with Crippen LogP contribution < -0.4 is 10.6 Å². The molecule has 1 aliphatic heterocycles. The van der Waals surface area contributed by atoms with E-state index in [2.05, 4.69) is 36.4 Å². The molecule has 9 heteroatoms. The molecule has 1 aliphatic rings. The fourth-order valence-electron chi connectivity index (χ4n) is 2.09. The van der Waals surface area contributed by atoms with Crippen molar-refractivity contribution in [3.63, 3.8) is 0 Å². The van der Waals surface area contributed by atoms with Gasteiger partial charge in [-0.25, -0.2) is 13.8 Å². The third-order valence-corrected chi connectivity index (χ3v) is 4.29. The summed E-state index contributed by atoms with van der Waals surface area (Å²) in [6.07, 6.45) is 0.194. The fraction of sp³-hybridized carbons (Fsp3) is 0.714. The van der Waals surface area contributed by atoms with Crippen molar-refractivity contribution in [2.24, 2.45) is 0 Å². The standard InChI is InChI=1S/C14H21F2N3OS.2ClH/c1-13(2,3)10-7-21-11(19-10)4-5-17-12(20)9-6-14(15,16)8-18-9;;/h7,9,18H,4-6,8H2,1-3H3,(H,17,20);2*1H. The predicted octanol–water partition coefficient (Wildman–Crippen LogP) is 2.94. The first-order valence-electron chi connectivity index (χ1n) is 7.01. The summed E-state index contributed by atoms with van der Waals surface area (Å²) < 4.78 is 26.0. The van der Waals surface area contributed by atoms with Gasteiger partial charge in [0.25, 0.3) is 5.92 Å². The molecule has 0 saturated carbocycles. The minimum atomic E-state index is -2.78. The van der Waals surface area contributed by atoms with Crippen LogP contribution in [0.3, 0.4) is 0 Å². The molecule has 1 aromatic heterocycles. The number of amides is 1. The number of alkyl halides is 2. The van der Waals surface area contributed by atoms with E-state index in [1.807, 2.05) is 5.38 Å². The smallest absolute Gasteiger partial charge is 0.262 e. The zero-order valence-electron chi connectivity index (χ0n) is 13.3. The van der Waals surface area contributed by atoms with E-state index in [0.29, 0.717) is 13.0 Å². The van der Waals surface area contributed by atoms with E-state index < -0.39 is 24.9 Å². The normalized spacial score (nSPS) is 19.6. The van der Waals surface area contributed by atoms with E-state index >= 15 is 0 Å². The number of carbonyl (C=O) groups is 1. The SMILES string of the molecule is CC(C)(C)c1csc(CCNC(=O)C2CC(F)(F)CN2)n1.Cl.Cl. The van der Waals surface area contributed by atoms with Gasteiger partial charge in [0.1, 0.15) is 0 Å². The van der Waals surface area contributed by atoms with E-state index in [9.17, 15) is 13.6 Å². The van der Waals surface area contributed by atoms with Gasteiger partial charge in [-0.2, -0.15) is 0 Å². The van der Waals surface area contributed by atoms with Gasteiger partial charge >= 0.3 is 0 Å². The van der Waals surface area contributed by atoms with Crippen LogP contribution in [-0.2, 0) is 16.6 Å². The van der Waals surface area contributed by atoms with Gasteiger partial charge in [-0.05, 0) is 0 Å². The average Bonchev–Trinajstić information content (AvgIpc) is 2.95. The van der Waals surface area contributed by atoms with Gasteiger partial charge in [-0.3, -0.25) is 10.1 Å². The lowest BCUT2D eigenvalue weighted by Gasteiger charge is -2.14. The third-order valence-electron chi connectivity index (χ3n) is 3.38. The van der Waals surface area contributed by atoms with Crippen LogP contribution in [0.2, 0.25) is 0 Å². The van der Waals surface area contributed by atoms with Crippen molar-refractivity contribution >= 4 is 42.1 Å². The highest BCUT2D eigenvalue weighted by Gasteiger charge is 2.42. The molecular formula is C14H23Cl2F2N3OS. The molecule has 0 aliphatic carbocycles. The van der Waals surface area contributed by atoms with Gasteiger partial charge in [0.05, 0.1) is 23.3 Å². The lowest BCUT2D eigenvalue weighted by molar-refractivity contribution is -0.123. The zero-order chi connectivity index (χ0) is 15.7.